The molecule has 0 radical (unpaired) electrons. The fourth-order valence-corrected chi connectivity index (χ4v) is 3.73. The molecule has 38 heavy (non-hydrogen) atoms. The van der Waals surface area contributed by atoms with E-state index >= 15 is 0 Å². The zero-order valence-electron chi connectivity index (χ0n) is 20.0. The van der Waals surface area contributed by atoms with Crippen LogP contribution in [0.5, 0.6) is 0 Å². The number of hydrogen-bond acceptors (Lipinski definition) is 4. The minimum Gasteiger partial charge on any atom is -0.322 e. The highest BCUT2D eigenvalue weighted by atomic mass is 35.5. The lowest BCUT2D eigenvalue weighted by Crippen LogP contribution is -2.10. The second-order valence-electron chi connectivity index (χ2n) is 8.02. The minimum absolute atomic E-state index is 0.346. The highest BCUT2D eigenvalue weighted by Gasteiger charge is 2.08. The second-order valence-corrected chi connectivity index (χ2v) is 8.90. The first kappa shape index (κ1) is 26.5. The van der Waals surface area contributed by atoms with Gasteiger partial charge in [-0.2, -0.15) is 5.11 Å². The van der Waals surface area contributed by atoms with Crippen LogP contribution in [0.2, 0.25) is 10.0 Å². The normalized spacial score (nSPS) is 11.3. The number of hydrogen-bond donors (Lipinski definition) is 2. The molecular weight excluding hydrogens is 519 g/mol. The number of carbonyl (C=O) groups is 2. The molecule has 0 bridgehead atoms. The van der Waals surface area contributed by atoms with Gasteiger partial charge in [0.1, 0.15) is 5.69 Å². The van der Waals surface area contributed by atoms with E-state index in [4.69, 9.17) is 23.2 Å². The van der Waals surface area contributed by atoms with Crippen molar-refractivity contribution in [2.75, 3.05) is 10.6 Å². The molecule has 0 saturated carbocycles. The lowest BCUT2D eigenvalue weighted by atomic mass is 10.2. The average Bonchev–Trinajstić information content (AvgIpc) is 2.91. The van der Waals surface area contributed by atoms with Crippen molar-refractivity contribution < 1.29 is 9.59 Å². The number of anilines is 2. The van der Waals surface area contributed by atoms with Crippen LogP contribution in [0, 0.1) is 0 Å². The SMILES string of the molecule is O=C(/C=C/c1cccc(Cl)c1)Nc1ccc(N=Nc2ccccc2)c(NC(=O)/C=C/c2cccc(Cl)c2)c1. The van der Waals surface area contributed by atoms with Gasteiger partial charge in [0.2, 0.25) is 11.8 Å². The fourth-order valence-electron chi connectivity index (χ4n) is 3.33. The summed E-state index contributed by atoms with van der Waals surface area (Å²) < 4.78 is 0. The number of nitrogens with zero attached hydrogens (tertiary/aromatic N) is 2. The van der Waals surface area contributed by atoms with Crippen LogP contribution in [0.1, 0.15) is 11.1 Å². The molecule has 4 aromatic rings. The minimum atomic E-state index is -0.384. The van der Waals surface area contributed by atoms with Crippen LogP contribution in [-0.4, -0.2) is 11.8 Å². The van der Waals surface area contributed by atoms with E-state index in [1.165, 1.54) is 12.2 Å². The molecule has 188 valence electrons. The van der Waals surface area contributed by atoms with E-state index in [1.807, 2.05) is 42.5 Å². The summed E-state index contributed by atoms with van der Waals surface area (Å²) in [6, 6.07) is 28.5. The molecule has 0 heterocycles. The number of azo groups is 1. The second kappa shape index (κ2) is 13.1. The molecule has 0 fully saturated rings. The monoisotopic (exact) mass is 540 g/mol. The Balaban J connectivity index is 1.53. The van der Waals surface area contributed by atoms with E-state index < -0.39 is 0 Å². The smallest absolute Gasteiger partial charge is 0.248 e. The van der Waals surface area contributed by atoms with Crippen molar-refractivity contribution in [2.45, 2.75) is 0 Å². The van der Waals surface area contributed by atoms with Gasteiger partial charge in [0.05, 0.1) is 11.4 Å². The van der Waals surface area contributed by atoms with Gasteiger partial charge < -0.3 is 10.6 Å². The third-order valence-corrected chi connectivity index (χ3v) is 5.57. The van der Waals surface area contributed by atoms with Crippen LogP contribution >= 0.6 is 23.2 Å². The molecule has 0 atom stereocenters. The van der Waals surface area contributed by atoms with Gasteiger partial charge in [0.15, 0.2) is 0 Å². The van der Waals surface area contributed by atoms with Crippen LogP contribution in [-0.2, 0) is 9.59 Å². The Hall–Kier alpha value is -4.52. The summed E-state index contributed by atoms with van der Waals surface area (Å²) in [4.78, 5) is 25.2. The van der Waals surface area contributed by atoms with Crippen LogP contribution in [0.15, 0.2) is 119 Å². The number of halogens is 2. The maximum atomic E-state index is 12.7. The first-order valence-corrected chi connectivity index (χ1v) is 12.3. The maximum absolute atomic E-state index is 12.7. The summed E-state index contributed by atoms with van der Waals surface area (Å²) in [5.41, 5.74) is 3.51. The summed E-state index contributed by atoms with van der Waals surface area (Å²) >= 11 is 12.0. The molecule has 4 rings (SSSR count). The molecule has 2 N–H and O–H groups in total. The first-order chi connectivity index (χ1) is 18.4. The maximum Gasteiger partial charge on any atom is 0.248 e. The number of rotatable bonds is 8. The molecule has 2 amide bonds. The van der Waals surface area contributed by atoms with Gasteiger partial charge >= 0.3 is 0 Å². The standard InChI is InChI=1S/C30H22Cl2N4O2/c31-23-8-4-6-21(18-23)12-16-29(37)33-26-14-15-27(36-35-25-10-2-1-3-11-25)28(20-26)34-30(38)17-13-22-7-5-9-24(32)19-22/h1-20H,(H,33,37)(H,34,38)/b16-12+,17-13+,36-35?. The number of benzene rings is 4. The largest absolute Gasteiger partial charge is 0.322 e. The fraction of sp³-hybridized carbons (Fsp3) is 0. The number of carbonyl (C=O) groups excluding carboxylic acids is 2. The number of amides is 2. The van der Waals surface area contributed by atoms with E-state index in [0.29, 0.717) is 32.8 Å². The molecule has 0 aliphatic carbocycles. The predicted molar refractivity (Wildman–Crippen MR) is 155 cm³/mol. The Morgan fingerprint density at radius 2 is 1.24 bits per heavy atom. The van der Waals surface area contributed by atoms with E-state index in [1.54, 1.807) is 66.7 Å². The third-order valence-electron chi connectivity index (χ3n) is 5.10. The van der Waals surface area contributed by atoms with Crippen molar-refractivity contribution in [3.63, 3.8) is 0 Å². The molecule has 8 heteroatoms. The zero-order chi connectivity index (χ0) is 26.7. The Bertz CT molecular complexity index is 1530. The van der Waals surface area contributed by atoms with Gasteiger partial charge in [-0.1, -0.05) is 65.7 Å². The summed E-state index contributed by atoms with van der Waals surface area (Å²) in [7, 11) is 0. The zero-order valence-corrected chi connectivity index (χ0v) is 21.5. The van der Waals surface area contributed by atoms with Crippen molar-refractivity contribution in [3.05, 3.63) is 130 Å². The van der Waals surface area contributed by atoms with Crippen LogP contribution in [0.25, 0.3) is 12.2 Å². The highest BCUT2D eigenvalue weighted by molar-refractivity contribution is 6.31. The topological polar surface area (TPSA) is 82.9 Å². The summed E-state index contributed by atoms with van der Waals surface area (Å²) in [5, 5.41) is 15.3. The van der Waals surface area contributed by atoms with Gasteiger partial charge in [0, 0.05) is 27.9 Å². The third kappa shape index (κ3) is 8.27. The van der Waals surface area contributed by atoms with E-state index in [2.05, 4.69) is 20.9 Å². The van der Waals surface area contributed by atoms with Gasteiger partial charge in [-0.3, -0.25) is 9.59 Å². The Labute approximate surface area is 230 Å². The Morgan fingerprint density at radius 1 is 0.632 bits per heavy atom. The molecule has 0 aromatic heterocycles. The van der Waals surface area contributed by atoms with Crippen molar-refractivity contribution in [3.8, 4) is 0 Å². The number of nitrogens with one attached hydrogen (secondary N) is 2. The van der Waals surface area contributed by atoms with E-state index in [9.17, 15) is 9.59 Å². The van der Waals surface area contributed by atoms with Crippen molar-refractivity contribution in [2.24, 2.45) is 10.2 Å². The predicted octanol–water partition coefficient (Wildman–Crippen LogP) is 8.71. The molecule has 0 spiro atoms. The molecule has 0 unspecified atom stereocenters. The quantitative estimate of drug-likeness (QED) is 0.173. The lowest BCUT2D eigenvalue weighted by molar-refractivity contribution is -0.112. The lowest BCUT2D eigenvalue weighted by Gasteiger charge is -2.09. The van der Waals surface area contributed by atoms with Crippen LogP contribution < -0.4 is 10.6 Å². The van der Waals surface area contributed by atoms with Gasteiger partial charge in [0.25, 0.3) is 0 Å². The average molecular weight is 541 g/mol. The molecule has 0 saturated heterocycles. The molecule has 0 aliphatic rings. The van der Waals surface area contributed by atoms with Crippen molar-refractivity contribution in [1.29, 1.82) is 0 Å². The molecular formula is C30H22Cl2N4O2. The molecule has 6 nitrogen and oxygen atoms in total. The first-order valence-electron chi connectivity index (χ1n) is 11.5. The summed E-state index contributed by atoms with van der Waals surface area (Å²) in [6.45, 7) is 0. The Morgan fingerprint density at radius 3 is 1.84 bits per heavy atom. The van der Waals surface area contributed by atoms with Crippen LogP contribution in [0.4, 0.5) is 22.7 Å². The Kier molecular flexibility index (Phi) is 9.18. The summed E-state index contributed by atoms with van der Waals surface area (Å²) in [6.07, 6.45) is 6.11. The van der Waals surface area contributed by atoms with Gasteiger partial charge in [-0.25, -0.2) is 0 Å². The van der Waals surface area contributed by atoms with E-state index in [-0.39, 0.29) is 11.8 Å². The molecule has 0 aliphatic heterocycles. The van der Waals surface area contributed by atoms with Crippen LogP contribution in [0.3, 0.4) is 0 Å². The van der Waals surface area contributed by atoms with Crippen molar-refractivity contribution in [1.82, 2.24) is 0 Å². The highest BCUT2D eigenvalue weighted by Crippen LogP contribution is 2.30. The van der Waals surface area contributed by atoms with Gasteiger partial charge in [-0.15, -0.1) is 5.11 Å². The van der Waals surface area contributed by atoms with Gasteiger partial charge in [-0.05, 0) is 77.9 Å². The van der Waals surface area contributed by atoms with Crippen molar-refractivity contribution >= 4 is 69.9 Å². The summed E-state index contributed by atoms with van der Waals surface area (Å²) in [5.74, 6) is -0.729. The van der Waals surface area contributed by atoms with E-state index in [0.717, 1.165) is 11.1 Å². The molecule has 4 aromatic carbocycles.